The Hall–Kier alpha value is -3.26. The van der Waals surface area contributed by atoms with Gasteiger partial charge in [-0.15, -0.1) is 0 Å². The van der Waals surface area contributed by atoms with Gasteiger partial charge in [0.25, 0.3) is 5.91 Å². The summed E-state index contributed by atoms with van der Waals surface area (Å²) in [5.74, 6) is -0.0854. The number of fused-ring (bicyclic) bond motifs is 1. The molecule has 0 atom stereocenters. The number of nitrogens with one attached hydrogen (secondary N) is 1. The summed E-state index contributed by atoms with van der Waals surface area (Å²) in [6.45, 7) is 0.291. The van der Waals surface area contributed by atoms with Crippen molar-refractivity contribution in [3.05, 3.63) is 65.5 Å². The van der Waals surface area contributed by atoms with Crippen LogP contribution in [0.15, 0.2) is 48.9 Å². The van der Waals surface area contributed by atoms with Crippen LogP contribution >= 0.6 is 11.6 Å². The van der Waals surface area contributed by atoms with E-state index in [0.717, 1.165) is 17.0 Å². The lowest BCUT2D eigenvalue weighted by molar-refractivity contribution is 0.0947. The number of halogens is 1. The first-order chi connectivity index (χ1) is 12.7. The molecule has 0 bridgehead atoms. The van der Waals surface area contributed by atoms with Crippen LogP contribution in [0.1, 0.15) is 16.3 Å². The van der Waals surface area contributed by atoms with Crippen LogP contribution in [0.3, 0.4) is 0 Å². The fourth-order valence-electron chi connectivity index (χ4n) is 2.73. The molecular formula is C17H14ClN7O. The standard InChI is InChI=1S/C17H14ClN7O/c1-19-17(26)16-20-10-22-24(16)9-13-15(11-4-6-12(18)7-5-11)23-14-3-2-8-21-25(13)14/h2-8,10H,9H2,1H3,(H,19,26). The van der Waals surface area contributed by atoms with Gasteiger partial charge in [-0.05, 0) is 24.3 Å². The maximum Gasteiger partial charge on any atom is 0.288 e. The highest BCUT2D eigenvalue weighted by atomic mass is 35.5. The molecule has 0 saturated carbocycles. The van der Waals surface area contributed by atoms with Gasteiger partial charge >= 0.3 is 0 Å². The van der Waals surface area contributed by atoms with Gasteiger partial charge in [0.2, 0.25) is 5.82 Å². The lowest BCUT2D eigenvalue weighted by atomic mass is 10.1. The number of hydrogen-bond donors (Lipinski definition) is 1. The Balaban J connectivity index is 1.86. The monoisotopic (exact) mass is 367 g/mol. The Kier molecular flexibility index (Phi) is 4.10. The molecule has 26 heavy (non-hydrogen) atoms. The first-order valence-electron chi connectivity index (χ1n) is 7.86. The number of nitrogens with zero attached hydrogens (tertiary/aromatic N) is 6. The van der Waals surface area contributed by atoms with Crippen molar-refractivity contribution in [1.82, 2.24) is 34.7 Å². The zero-order valence-corrected chi connectivity index (χ0v) is 14.6. The minimum absolute atomic E-state index is 0.223. The molecule has 0 unspecified atom stereocenters. The van der Waals surface area contributed by atoms with Crippen LogP contribution in [0.5, 0.6) is 0 Å². The Morgan fingerprint density at radius 3 is 2.77 bits per heavy atom. The molecule has 1 N–H and O–H groups in total. The van der Waals surface area contributed by atoms with E-state index in [0.29, 0.717) is 17.2 Å². The SMILES string of the molecule is CNC(=O)c1ncnn1Cc1c(-c2ccc(Cl)cc2)nc2cccnn12. The Morgan fingerprint density at radius 1 is 1.19 bits per heavy atom. The third-order valence-corrected chi connectivity index (χ3v) is 4.20. The number of amides is 1. The lowest BCUT2D eigenvalue weighted by Gasteiger charge is -2.07. The number of benzene rings is 1. The maximum absolute atomic E-state index is 12.0. The van der Waals surface area contributed by atoms with Gasteiger partial charge in [-0.25, -0.2) is 19.2 Å². The molecular weight excluding hydrogens is 354 g/mol. The molecule has 0 aliphatic carbocycles. The lowest BCUT2D eigenvalue weighted by Crippen LogP contribution is -2.24. The highest BCUT2D eigenvalue weighted by molar-refractivity contribution is 6.30. The van der Waals surface area contributed by atoms with Gasteiger partial charge in [-0.1, -0.05) is 23.7 Å². The molecule has 4 aromatic rings. The van der Waals surface area contributed by atoms with Crippen molar-refractivity contribution < 1.29 is 4.79 Å². The first-order valence-corrected chi connectivity index (χ1v) is 8.23. The van der Waals surface area contributed by atoms with Gasteiger partial charge in [0.05, 0.1) is 17.9 Å². The van der Waals surface area contributed by atoms with Crippen LogP contribution in [-0.4, -0.2) is 42.3 Å². The van der Waals surface area contributed by atoms with Crippen LogP contribution < -0.4 is 5.32 Å². The zero-order chi connectivity index (χ0) is 18.1. The Bertz CT molecular complexity index is 1080. The first kappa shape index (κ1) is 16.2. The summed E-state index contributed by atoms with van der Waals surface area (Å²) in [6.07, 6.45) is 3.04. The highest BCUT2D eigenvalue weighted by Crippen LogP contribution is 2.26. The van der Waals surface area contributed by atoms with E-state index < -0.39 is 0 Å². The van der Waals surface area contributed by atoms with Gasteiger partial charge in [0.15, 0.2) is 5.65 Å². The number of aromatic nitrogens is 6. The summed E-state index contributed by atoms with van der Waals surface area (Å²) in [4.78, 5) is 20.7. The van der Waals surface area contributed by atoms with Gasteiger partial charge in [-0.3, -0.25) is 4.79 Å². The van der Waals surface area contributed by atoms with Crippen molar-refractivity contribution in [3.8, 4) is 11.3 Å². The van der Waals surface area contributed by atoms with Crippen molar-refractivity contribution in [2.75, 3.05) is 7.05 Å². The summed E-state index contributed by atoms with van der Waals surface area (Å²) in [5.41, 5.74) is 3.14. The van der Waals surface area contributed by atoms with E-state index in [-0.39, 0.29) is 11.7 Å². The number of carbonyl (C=O) groups is 1. The molecule has 8 nitrogen and oxygen atoms in total. The number of carbonyl (C=O) groups excluding carboxylic acids is 1. The van der Waals surface area contributed by atoms with E-state index in [9.17, 15) is 4.79 Å². The summed E-state index contributed by atoms with van der Waals surface area (Å²) >= 11 is 6.00. The minimum atomic E-state index is -0.308. The van der Waals surface area contributed by atoms with Gasteiger partial charge < -0.3 is 5.32 Å². The largest absolute Gasteiger partial charge is 0.352 e. The van der Waals surface area contributed by atoms with Crippen LogP contribution in [0.4, 0.5) is 0 Å². The average molecular weight is 368 g/mol. The molecule has 1 aromatic carbocycles. The van der Waals surface area contributed by atoms with Crippen molar-refractivity contribution >= 4 is 23.2 Å². The van der Waals surface area contributed by atoms with Gasteiger partial charge in [-0.2, -0.15) is 10.2 Å². The van der Waals surface area contributed by atoms with E-state index in [1.807, 2.05) is 36.4 Å². The fourth-order valence-corrected chi connectivity index (χ4v) is 2.85. The molecule has 4 rings (SSSR count). The van der Waals surface area contributed by atoms with Crippen LogP contribution in [-0.2, 0) is 6.54 Å². The normalized spacial score (nSPS) is 11.0. The van der Waals surface area contributed by atoms with Crippen molar-refractivity contribution in [2.45, 2.75) is 6.54 Å². The van der Waals surface area contributed by atoms with Crippen LogP contribution in [0, 0.1) is 0 Å². The second-order valence-electron chi connectivity index (χ2n) is 5.53. The van der Waals surface area contributed by atoms with Crippen molar-refractivity contribution in [2.24, 2.45) is 0 Å². The number of hydrogen-bond acceptors (Lipinski definition) is 5. The van der Waals surface area contributed by atoms with Gasteiger partial charge in [0.1, 0.15) is 6.33 Å². The molecule has 3 heterocycles. The molecule has 1 amide bonds. The summed E-state index contributed by atoms with van der Waals surface area (Å²) < 4.78 is 3.26. The minimum Gasteiger partial charge on any atom is -0.352 e. The Morgan fingerprint density at radius 2 is 2.00 bits per heavy atom. The van der Waals surface area contributed by atoms with Crippen LogP contribution in [0.2, 0.25) is 5.02 Å². The number of imidazole rings is 1. The zero-order valence-electron chi connectivity index (χ0n) is 13.8. The van der Waals surface area contributed by atoms with E-state index in [1.54, 1.807) is 17.8 Å². The topological polar surface area (TPSA) is 90.0 Å². The van der Waals surface area contributed by atoms with Gasteiger partial charge in [0, 0.05) is 23.8 Å². The van der Waals surface area contributed by atoms with E-state index >= 15 is 0 Å². The Labute approximate surface area is 153 Å². The summed E-state index contributed by atoms with van der Waals surface area (Å²) in [7, 11) is 1.55. The fraction of sp³-hybridized carbons (Fsp3) is 0.118. The van der Waals surface area contributed by atoms with E-state index in [4.69, 9.17) is 11.6 Å². The molecule has 0 spiro atoms. The van der Waals surface area contributed by atoms with Crippen LogP contribution in [0.25, 0.3) is 16.9 Å². The van der Waals surface area contributed by atoms with Crippen molar-refractivity contribution in [1.29, 1.82) is 0 Å². The second-order valence-corrected chi connectivity index (χ2v) is 5.96. The molecule has 9 heteroatoms. The summed E-state index contributed by atoms with van der Waals surface area (Å²) in [6, 6.07) is 11.1. The predicted molar refractivity (Wildman–Crippen MR) is 95.9 cm³/mol. The predicted octanol–water partition coefficient (Wildman–Crippen LogP) is 2.05. The molecule has 0 aliphatic heterocycles. The van der Waals surface area contributed by atoms with Crippen molar-refractivity contribution in [3.63, 3.8) is 0 Å². The average Bonchev–Trinajstić information content (AvgIpc) is 3.27. The highest BCUT2D eigenvalue weighted by Gasteiger charge is 2.19. The summed E-state index contributed by atoms with van der Waals surface area (Å²) in [5, 5.41) is 11.8. The van der Waals surface area contributed by atoms with E-state index in [1.165, 1.54) is 11.0 Å². The molecule has 0 aliphatic rings. The molecule has 0 radical (unpaired) electrons. The second kappa shape index (κ2) is 6.57. The molecule has 0 fully saturated rings. The third-order valence-electron chi connectivity index (χ3n) is 3.95. The molecule has 0 saturated heterocycles. The maximum atomic E-state index is 12.0. The third kappa shape index (κ3) is 2.80. The smallest absolute Gasteiger partial charge is 0.288 e. The molecule has 3 aromatic heterocycles. The van der Waals surface area contributed by atoms with E-state index in [2.05, 4.69) is 25.5 Å². The quantitative estimate of drug-likeness (QED) is 0.596. The molecule has 130 valence electrons. The number of rotatable bonds is 4.